The Hall–Kier alpha value is -2.30. The summed E-state index contributed by atoms with van der Waals surface area (Å²) in [7, 11) is 0. The van der Waals surface area contributed by atoms with Gasteiger partial charge in [-0.1, -0.05) is 6.07 Å². The Labute approximate surface area is 111 Å². The second-order valence-corrected chi connectivity index (χ2v) is 4.84. The second-order valence-electron chi connectivity index (χ2n) is 4.84. The molecule has 1 aromatic carbocycles. The third-order valence-electron chi connectivity index (χ3n) is 3.53. The van der Waals surface area contributed by atoms with Crippen molar-refractivity contribution in [3.63, 3.8) is 0 Å². The Morgan fingerprint density at radius 1 is 1.47 bits per heavy atom. The topological polar surface area (TPSA) is 83.8 Å². The zero-order valence-electron chi connectivity index (χ0n) is 10.5. The molecular weight excluding hydrogens is 240 g/mol. The molecule has 5 heteroatoms. The number of aromatic amines is 1. The Balaban J connectivity index is 1.82. The van der Waals surface area contributed by atoms with Gasteiger partial charge < -0.3 is 16.0 Å². The summed E-state index contributed by atoms with van der Waals surface area (Å²) >= 11 is 0. The number of imidazole rings is 1. The number of aryl methyl sites for hydroxylation is 1. The predicted octanol–water partition coefficient (Wildman–Crippen LogP) is 1.80. The van der Waals surface area contributed by atoms with E-state index >= 15 is 0 Å². The smallest absolute Gasteiger partial charge is 0.269 e. The molecule has 1 aliphatic carbocycles. The first kappa shape index (κ1) is 11.8. The van der Waals surface area contributed by atoms with Crippen molar-refractivity contribution >= 4 is 11.6 Å². The molecule has 98 valence electrons. The molecule has 0 aliphatic heterocycles. The molecule has 1 unspecified atom stereocenters. The van der Waals surface area contributed by atoms with E-state index in [9.17, 15) is 4.79 Å². The minimum atomic E-state index is -0.118. The van der Waals surface area contributed by atoms with Gasteiger partial charge >= 0.3 is 0 Å². The maximum Gasteiger partial charge on any atom is 0.269 e. The van der Waals surface area contributed by atoms with Crippen LogP contribution in [0.25, 0.3) is 0 Å². The van der Waals surface area contributed by atoms with Crippen LogP contribution in [-0.4, -0.2) is 15.9 Å². The van der Waals surface area contributed by atoms with Gasteiger partial charge in [-0.2, -0.15) is 0 Å². The van der Waals surface area contributed by atoms with Crippen molar-refractivity contribution in [1.82, 2.24) is 15.3 Å². The normalized spacial score (nSPS) is 17.8. The molecule has 1 heterocycles. The van der Waals surface area contributed by atoms with Crippen LogP contribution in [-0.2, 0) is 6.42 Å². The van der Waals surface area contributed by atoms with Gasteiger partial charge in [0.2, 0.25) is 0 Å². The van der Waals surface area contributed by atoms with Crippen LogP contribution >= 0.6 is 0 Å². The molecule has 5 nitrogen and oxygen atoms in total. The molecule has 0 fully saturated rings. The number of anilines is 1. The van der Waals surface area contributed by atoms with Crippen LogP contribution in [0, 0.1) is 0 Å². The molecular formula is C14H16N4O. The van der Waals surface area contributed by atoms with Crippen LogP contribution in [0.4, 0.5) is 5.69 Å². The molecule has 0 saturated carbocycles. The van der Waals surface area contributed by atoms with Gasteiger partial charge in [0.25, 0.3) is 5.91 Å². The van der Waals surface area contributed by atoms with Gasteiger partial charge in [-0.3, -0.25) is 4.79 Å². The standard InChI is InChI=1S/C14H16N4O/c15-10-4-5-11-9(6-10)2-1-3-12(11)18-14(19)13-7-16-8-17-13/h4-8,12H,1-3,15H2,(H,16,17)(H,18,19). The first-order chi connectivity index (χ1) is 9.24. The van der Waals surface area contributed by atoms with E-state index < -0.39 is 0 Å². The Bertz CT molecular complexity index is 591. The fourth-order valence-electron chi connectivity index (χ4n) is 2.60. The summed E-state index contributed by atoms with van der Waals surface area (Å²) in [5.41, 5.74) is 9.48. The van der Waals surface area contributed by atoms with Crippen molar-refractivity contribution in [2.45, 2.75) is 25.3 Å². The van der Waals surface area contributed by atoms with E-state index in [1.54, 1.807) is 0 Å². The Morgan fingerprint density at radius 2 is 2.37 bits per heavy atom. The molecule has 2 aromatic rings. The SMILES string of the molecule is Nc1ccc2c(c1)CCCC2NC(=O)c1cnc[nH]1. The van der Waals surface area contributed by atoms with Crippen molar-refractivity contribution in [1.29, 1.82) is 0 Å². The van der Waals surface area contributed by atoms with E-state index in [4.69, 9.17) is 5.73 Å². The number of amides is 1. The molecule has 1 amide bonds. The van der Waals surface area contributed by atoms with Gasteiger partial charge in [0, 0.05) is 5.69 Å². The minimum absolute atomic E-state index is 0.0557. The van der Waals surface area contributed by atoms with Crippen LogP contribution in [0.3, 0.4) is 0 Å². The molecule has 1 atom stereocenters. The van der Waals surface area contributed by atoms with E-state index in [1.807, 2.05) is 18.2 Å². The van der Waals surface area contributed by atoms with Gasteiger partial charge in [-0.25, -0.2) is 4.98 Å². The first-order valence-electron chi connectivity index (χ1n) is 6.41. The summed E-state index contributed by atoms with van der Waals surface area (Å²) in [5, 5.41) is 3.05. The number of H-pyrrole nitrogens is 1. The molecule has 0 radical (unpaired) electrons. The Morgan fingerprint density at radius 3 is 3.16 bits per heavy atom. The van der Waals surface area contributed by atoms with Crippen LogP contribution in [0.2, 0.25) is 0 Å². The van der Waals surface area contributed by atoms with E-state index in [-0.39, 0.29) is 11.9 Å². The van der Waals surface area contributed by atoms with E-state index in [0.717, 1.165) is 24.9 Å². The molecule has 3 rings (SSSR count). The van der Waals surface area contributed by atoms with Crippen molar-refractivity contribution in [2.75, 3.05) is 5.73 Å². The lowest BCUT2D eigenvalue weighted by Gasteiger charge is -2.26. The highest BCUT2D eigenvalue weighted by Gasteiger charge is 2.22. The number of rotatable bonds is 2. The maximum absolute atomic E-state index is 12.0. The average Bonchev–Trinajstić information content (AvgIpc) is 2.92. The third kappa shape index (κ3) is 2.31. The molecule has 0 saturated heterocycles. The molecule has 0 spiro atoms. The summed E-state index contributed by atoms with van der Waals surface area (Å²) in [6.45, 7) is 0. The predicted molar refractivity (Wildman–Crippen MR) is 72.6 cm³/mol. The molecule has 1 aromatic heterocycles. The Kier molecular flexibility index (Phi) is 2.95. The molecule has 4 N–H and O–H groups in total. The highest BCUT2D eigenvalue weighted by molar-refractivity contribution is 5.92. The first-order valence-corrected chi connectivity index (χ1v) is 6.41. The summed E-state index contributed by atoms with van der Waals surface area (Å²) in [6.07, 6.45) is 6.07. The van der Waals surface area contributed by atoms with Crippen molar-refractivity contribution in [3.8, 4) is 0 Å². The zero-order chi connectivity index (χ0) is 13.2. The zero-order valence-corrected chi connectivity index (χ0v) is 10.5. The fourth-order valence-corrected chi connectivity index (χ4v) is 2.60. The van der Waals surface area contributed by atoms with Gasteiger partial charge in [-0.15, -0.1) is 0 Å². The van der Waals surface area contributed by atoms with Crippen LogP contribution in [0.5, 0.6) is 0 Å². The fraction of sp³-hybridized carbons (Fsp3) is 0.286. The molecule has 1 aliphatic rings. The van der Waals surface area contributed by atoms with Gasteiger partial charge in [0.15, 0.2) is 0 Å². The number of carbonyl (C=O) groups is 1. The summed E-state index contributed by atoms with van der Waals surface area (Å²) in [6, 6.07) is 5.96. The van der Waals surface area contributed by atoms with Crippen molar-refractivity contribution < 1.29 is 4.79 Å². The van der Waals surface area contributed by atoms with Crippen molar-refractivity contribution in [2.24, 2.45) is 0 Å². The number of hydrogen-bond acceptors (Lipinski definition) is 3. The second kappa shape index (κ2) is 4.76. The number of benzene rings is 1. The largest absolute Gasteiger partial charge is 0.399 e. The lowest BCUT2D eigenvalue weighted by Crippen LogP contribution is -2.31. The number of nitrogens with two attached hydrogens (primary N) is 1. The van der Waals surface area contributed by atoms with Crippen LogP contribution in [0.1, 0.15) is 40.5 Å². The number of carbonyl (C=O) groups excluding carboxylic acids is 1. The lowest BCUT2D eigenvalue weighted by atomic mass is 9.87. The van der Waals surface area contributed by atoms with Gasteiger partial charge in [0.05, 0.1) is 18.6 Å². The third-order valence-corrected chi connectivity index (χ3v) is 3.53. The van der Waals surface area contributed by atoms with Crippen LogP contribution in [0.15, 0.2) is 30.7 Å². The molecule has 0 bridgehead atoms. The van der Waals surface area contributed by atoms with E-state index in [2.05, 4.69) is 15.3 Å². The summed E-state index contributed by atoms with van der Waals surface area (Å²) in [5.74, 6) is -0.118. The van der Waals surface area contributed by atoms with Gasteiger partial charge in [0.1, 0.15) is 5.69 Å². The number of aromatic nitrogens is 2. The highest BCUT2D eigenvalue weighted by Crippen LogP contribution is 2.31. The van der Waals surface area contributed by atoms with Crippen molar-refractivity contribution in [3.05, 3.63) is 47.5 Å². The lowest BCUT2D eigenvalue weighted by molar-refractivity contribution is 0.0928. The number of fused-ring (bicyclic) bond motifs is 1. The summed E-state index contributed by atoms with van der Waals surface area (Å²) < 4.78 is 0. The number of nitrogens with one attached hydrogen (secondary N) is 2. The van der Waals surface area contributed by atoms with E-state index in [0.29, 0.717) is 5.69 Å². The van der Waals surface area contributed by atoms with E-state index in [1.165, 1.54) is 23.7 Å². The average molecular weight is 256 g/mol. The monoisotopic (exact) mass is 256 g/mol. The molecule has 19 heavy (non-hydrogen) atoms. The number of hydrogen-bond donors (Lipinski definition) is 3. The van der Waals surface area contributed by atoms with Crippen LogP contribution < -0.4 is 11.1 Å². The quantitative estimate of drug-likeness (QED) is 0.716. The van der Waals surface area contributed by atoms with Gasteiger partial charge in [-0.05, 0) is 42.5 Å². The minimum Gasteiger partial charge on any atom is -0.399 e. The summed E-state index contributed by atoms with van der Waals surface area (Å²) in [4.78, 5) is 18.7. The number of nitrogens with zero attached hydrogens (tertiary/aromatic N) is 1. The highest BCUT2D eigenvalue weighted by atomic mass is 16.1. The number of nitrogen functional groups attached to an aromatic ring is 1. The maximum atomic E-state index is 12.0.